The molecule has 1 saturated carbocycles. The van der Waals surface area contributed by atoms with E-state index in [1.807, 2.05) is 35.2 Å². The SMILES string of the molecule is O=C(C1CCCCC1)N(Cc1ccco1)c1nc2ccc(Br)cc2s1. The minimum Gasteiger partial charge on any atom is -0.467 e. The Kier molecular flexibility index (Phi) is 4.90. The van der Waals surface area contributed by atoms with E-state index in [1.54, 1.807) is 17.6 Å². The van der Waals surface area contributed by atoms with Gasteiger partial charge >= 0.3 is 0 Å². The zero-order valence-corrected chi connectivity index (χ0v) is 16.2. The lowest BCUT2D eigenvalue weighted by Crippen LogP contribution is -2.36. The van der Waals surface area contributed by atoms with E-state index in [0.29, 0.717) is 6.54 Å². The van der Waals surface area contributed by atoms with Crippen LogP contribution < -0.4 is 4.90 Å². The predicted molar refractivity (Wildman–Crippen MR) is 104 cm³/mol. The second kappa shape index (κ2) is 7.30. The molecule has 2 heterocycles. The van der Waals surface area contributed by atoms with E-state index >= 15 is 0 Å². The number of aromatic nitrogens is 1. The van der Waals surface area contributed by atoms with Crippen LogP contribution in [0.2, 0.25) is 0 Å². The summed E-state index contributed by atoms with van der Waals surface area (Å²) in [7, 11) is 0. The van der Waals surface area contributed by atoms with E-state index in [-0.39, 0.29) is 11.8 Å². The highest BCUT2D eigenvalue weighted by molar-refractivity contribution is 9.10. The van der Waals surface area contributed by atoms with Gasteiger partial charge in [0.05, 0.1) is 23.0 Å². The quantitative estimate of drug-likeness (QED) is 0.540. The Morgan fingerprint density at radius 1 is 1.28 bits per heavy atom. The molecule has 6 heteroatoms. The zero-order valence-electron chi connectivity index (χ0n) is 13.8. The summed E-state index contributed by atoms with van der Waals surface area (Å²) in [5, 5.41) is 0.750. The number of halogens is 1. The molecule has 0 unspecified atom stereocenters. The highest BCUT2D eigenvalue weighted by Gasteiger charge is 2.29. The second-order valence-electron chi connectivity index (χ2n) is 6.45. The van der Waals surface area contributed by atoms with Crippen molar-refractivity contribution in [2.24, 2.45) is 5.92 Å². The van der Waals surface area contributed by atoms with Crippen molar-refractivity contribution in [1.29, 1.82) is 0 Å². The number of anilines is 1. The second-order valence-corrected chi connectivity index (χ2v) is 8.37. The molecular formula is C19H19BrN2O2S. The van der Waals surface area contributed by atoms with Crippen LogP contribution in [0.1, 0.15) is 37.9 Å². The third-order valence-corrected chi connectivity index (χ3v) is 6.22. The van der Waals surface area contributed by atoms with Crippen molar-refractivity contribution in [2.75, 3.05) is 4.90 Å². The Morgan fingerprint density at radius 2 is 2.12 bits per heavy atom. The van der Waals surface area contributed by atoms with E-state index < -0.39 is 0 Å². The fourth-order valence-electron chi connectivity index (χ4n) is 3.37. The fraction of sp³-hybridized carbons (Fsp3) is 0.368. The molecule has 25 heavy (non-hydrogen) atoms. The van der Waals surface area contributed by atoms with Gasteiger partial charge < -0.3 is 4.42 Å². The molecule has 1 aromatic carbocycles. The molecule has 0 radical (unpaired) electrons. The lowest BCUT2D eigenvalue weighted by atomic mass is 9.88. The Morgan fingerprint density at radius 3 is 2.88 bits per heavy atom. The first-order valence-electron chi connectivity index (χ1n) is 8.60. The molecule has 0 atom stereocenters. The molecule has 3 aromatic rings. The van der Waals surface area contributed by atoms with E-state index in [4.69, 9.17) is 9.40 Å². The number of rotatable bonds is 4. The van der Waals surface area contributed by atoms with Crippen LogP contribution >= 0.6 is 27.3 Å². The lowest BCUT2D eigenvalue weighted by molar-refractivity contribution is -0.123. The predicted octanol–water partition coefficient (Wildman–Crippen LogP) is 5.77. The topological polar surface area (TPSA) is 46.3 Å². The third-order valence-electron chi connectivity index (χ3n) is 4.68. The number of hydrogen-bond donors (Lipinski definition) is 0. The minimum atomic E-state index is 0.0995. The summed E-state index contributed by atoms with van der Waals surface area (Å²) >= 11 is 5.06. The molecule has 2 aromatic heterocycles. The third kappa shape index (κ3) is 3.65. The van der Waals surface area contributed by atoms with Gasteiger partial charge in [0.2, 0.25) is 5.91 Å². The first-order chi connectivity index (χ1) is 12.2. The van der Waals surface area contributed by atoms with E-state index in [1.165, 1.54) is 6.42 Å². The van der Waals surface area contributed by atoms with Gasteiger partial charge in [0.25, 0.3) is 0 Å². The van der Waals surface area contributed by atoms with Crippen LogP contribution in [-0.4, -0.2) is 10.9 Å². The van der Waals surface area contributed by atoms with Gasteiger partial charge in [-0.1, -0.05) is 46.5 Å². The van der Waals surface area contributed by atoms with E-state index in [9.17, 15) is 4.79 Å². The number of nitrogens with zero attached hydrogens (tertiary/aromatic N) is 2. The normalized spacial score (nSPS) is 15.6. The Balaban J connectivity index is 1.68. The molecule has 0 bridgehead atoms. The van der Waals surface area contributed by atoms with Crippen LogP contribution in [0.5, 0.6) is 0 Å². The standard InChI is InChI=1S/C19H19BrN2O2S/c20-14-8-9-16-17(11-14)25-19(21-16)22(12-15-7-4-10-24-15)18(23)13-5-2-1-3-6-13/h4,7-11,13H,1-3,5-6,12H2. The average Bonchev–Trinajstić information content (AvgIpc) is 3.28. The molecule has 0 aliphatic heterocycles. The molecule has 0 saturated heterocycles. The van der Waals surface area contributed by atoms with E-state index in [0.717, 1.165) is 51.3 Å². The number of benzene rings is 1. The molecule has 1 fully saturated rings. The average molecular weight is 419 g/mol. The van der Waals surface area contributed by atoms with Crippen molar-refractivity contribution in [1.82, 2.24) is 4.98 Å². The Labute approximate surface area is 159 Å². The van der Waals surface area contributed by atoms with E-state index in [2.05, 4.69) is 15.9 Å². The number of carbonyl (C=O) groups is 1. The largest absolute Gasteiger partial charge is 0.467 e. The lowest BCUT2D eigenvalue weighted by Gasteiger charge is -2.27. The molecule has 1 amide bonds. The fourth-order valence-corrected chi connectivity index (χ4v) is 4.89. The van der Waals surface area contributed by atoms with Crippen LogP contribution in [0, 0.1) is 5.92 Å². The number of thiazole rings is 1. The smallest absolute Gasteiger partial charge is 0.232 e. The highest BCUT2D eigenvalue weighted by atomic mass is 79.9. The van der Waals surface area contributed by atoms with Gasteiger partial charge in [-0.2, -0.15) is 0 Å². The minimum absolute atomic E-state index is 0.0995. The maximum atomic E-state index is 13.2. The first kappa shape index (κ1) is 16.8. The van der Waals surface area contributed by atoms with Crippen LogP contribution in [-0.2, 0) is 11.3 Å². The van der Waals surface area contributed by atoms with Gasteiger partial charge in [0, 0.05) is 10.4 Å². The van der Waals surface area contributed by atoms with Gasteiger partial charge in [0.15, 0.2) is 5.13 Å². The zero-order chi connectivity index (χ0) is 17.2. The van der Waals surface area contributed by atoms with Crippen molar-refractivity contribution in [3.63, 3.8) is 0 Å². The van der Waals surface area contributed by atoms with Gasteiger partial charge in [0.1, 0.15) is 5.76 Å². The van der Waals surface area contributed by atoms with Gasteiger partial charge in [-0.05, 0) is 43.2 Å². The van der Waals surface area contributed by atoms with Gasteiger partial charge in [-0.15, -0.1) is 0 Å². The Hall–Kier alpha value is -1.66. The molecule has 4 rings (SSSR count). The number of fused-ring (bicyclic) bond motifs is 1. The van der Waals surface area contributed by atoms with Crippen LogP contribution in [0.15, 0.2) is 45.5 Å². The van der Waals surface area contributed by atoms with Crippen molar-refractivity contribution in [3.05, 3.63) is 46.8 Å². The van der Waals surface area contributed by atoms with Crippen LogP contribution in [0.25, 0.3) is 10.2 Å². The maximum absolute atomic E-state index is 13.2. The molecule has 4 nitrogen and oxygen atoms in total. The maximum Gasteiger partial charge on any atom is 0.232 e. The molecule has 130 valence electrons. The van der Waals surface area contributed by atoms with Crippen LogP contribution in [0.3, 0.4) is 0 Å². The number of carbonyl (C=O) groups excluding carboxylic acids is 1. The summed E-state index contributed by atoms with van der Waals surface area (Å²) in [4.78, 5) is 19.7. The molecule has 1 aliphatic carbocycles. The summed E-state index contributed by atoms with van der Waals surface area (Å²) in [6.45, 7) is 0.434. The summed E-state index contributed by atoms with van der Waals surface area (Å²) in [5.41, 5.74) is 0.920. The monoisotopic (exact) mass is 418 g/mol. The number of furan rings is 1. The summed E-state index contributed by atoms with van der Waals surface area (Å²) in [5.74, 6) is 1.06. The summed E-state index contributed by atoms with van der Waals surface area (Å²) in [6, 6.07) is 9.77. The van der Waals surface area contributed by atoms with Crippen LogP contribution in [0.4, 0.5) is 5.13 Å². The van der Waals surface area contributed by atoms with Gasteiger partial charge in [-0.3, -0.25) is 9.69 Å². The highest BCUT2D eigenvalue weighted by Crippen LogP contribution is 2.34. The van der Waals surface area contributed by atoms with Gasteiger partial charge in [-0.25, -0.2) is 4.98 Å². The first-order valence-corrected chi connectivity index (χ1v) is 10.2. The molecular weight excluding hydrogens is 400 g/mol. The molecule has 0 N–H and O–H groups in total. The Bertz CT molecular complexity index is 869. The van der Waals surface area contributed by atoms with Crippen molar-refractivity contribution in [2.45, 2.75) is 38.6 Å². The summed E-state index contributed by atoms with van der Waals surface area (Å²) in [6.07, 6.45) is 7.11. The van der Waals surface area contributed by atoms with Crippen molar-refractivity contribution >= 4 is 48.5 Å². The number of hydrogen-bond acceptors (Lipinski definition) is 4. The van der Waals surface area contributed by atoms with Crippen molar-refractivity contribution < 1.29 is 9.21 Å². The molecule has 0 spiro atoms. The summed E-state index contributed by atoms with van der Waals surface area (Å²) < 4.78 is 7.59. The molecule has 1 aliphatic rings. The van der Waals surface area contributed by atoms with Crippen molar-refractivity contribution in [3.8, 4) is 0 Å². The number of amides is 1.